The highest BCUT2D eigenvalue weighted by molar-refractivity contribution is 6.03. The molecule has 5 heteroatoms. The first-order valence-corrected chi connectivity index (χ1v) is 8.52. The molecule has 0 bridgehead atoms. The van der Waals surface area contributed by atoms with Gasteiger partial charge in [-0.1, -0.05) is 31.2 Å². The molecular weight excluding hydrogens is 316 g/mol. The van der Waals surface area contributed by atoms with E-state index in [4.69, 9.17) is 9.47 Å². The number of nitrogens with zero attached hydrogens (tertiary/aromatic N) is 2. The van der Waals surface area contributed by atoms with E-state index < -0.39 is 0 Å². The van der Waals surface area contributed by atoms with Gasteiger partial charge in [0, 0.05) is 18.9 Å². The van der Waals surface area contributed by atoms with Crippen molar-refractivity contribution in [1.29, 1.82) is 0 Å². The third-order valence-electron chi connectivity index (χ3n) is 4.71. The van der Waals surface area contributed by atoms with Crippen LogP contribution in [0.4, 0.5) is 0 Å². The van der Waals surface area contributed by atoms with Crippen LogP contribution in [0.3, 0.4) is 0 Å². The van der Waals surface area contributed by atoms with Gasteiger partial charge in [0.2, 0.25) is 12.7 Å². The second-order valence-corrected chi connectivity index (χ2v) is 6.29. The minimum Gasteiger partial charge on any atom is -0.454 e. The van der Waals surface area contributed by atoms with Crippen molar-refractivity contribution >= 4 is 11.6 Å². The van der Waals surface area contributed by atoms with E-state index in [9.17, 15) is 4.79 Å². The maximum Gasteiger partial charge on any atom is 0.240 e. The fourth-order valence-corrected chi connectivity index (χ4v) is 3.29. The van der Waals surface area contributed by atoms with Gasteiger partial charge in [-0.25, -0.2) is 5.01 Å². The number of aryl methyl sites for hydroxylation is 1. The number of rotatable bonds is 3. The maximum absolute atomic E-state index is 12.1. The summed E-state index contributed by atoms with van der Waals surface area (Å²) in [6.45, 7) is 3.93. The second-order valence-electron chi connectivity index (χ2n) is 6.29. The van der Waals surface area contributed by atoms with Crippen molar-refractivity contribution in [1.82, 2.24) is 5.01 Å². The molecule has 1 atom stereocenters. The van der Waals surface area contributed by atoms with Crippen LogP contribution in [0.5, 0.6) is 11.5 Å². The molecule has 2 aromatic carbocycles. The van der Waals surface area contributed by atoms with Crippen molar-refractivity contribution in [2.75, 3.05) is 6.79 Å². The van der Waals surface area contributed by atoms with Gasteiger partial charge in [0.1, 0.15) is 0 Å². The first kappa shape index (κ1) is 15.7. The molecule has 2 aliphatic heterocycles. The van der Waals surface area contributed by atoms with E-state index in [1.807, 2.05) is 18.2 Å². The number of benzene rings is 2. The molecule has 1 amide bonds. The van der Waals surface area contributed by atoms with E-state index in [-0.39, 0.29) is 18.7 Å². The normalized spacial score (nSPS) is 18.4. The fourth-order valence-electron chi connectivity index (χ4n) is 3.29. The van der Waals surface area contributed by atoms with E-state index in [1.165, 1.54) is 5.56 Å². The van der Waals surface area contributed by atoms with Gasteiger partial charge in [-0.3, -0.25) is 4.79 Å². The van der Waals surface area contributed by atoms with Crippen LogP contribution in [0.15, 0.2) is 47.6 Å². The van der Waals surface area contributed by atoms with Crippen LogP contribution in [0.1, 0.15) is 43.0 Å². The number of hydrogen-bond donors (Lipinski definition) is 0. The Bertz CT molecular complexity index is 843. The number of hydrogen-bond acceptors (Lipinski definition) is 4. The largest absolute Gasteiger partial charge is 0.454 e. The van der Waals surface area contributed by atoms with Gasteiger partial charge in [-0.15, -0.1) is 0 Å². The highest BCUT2D eigenvalue weighted by atomic mass is 16.7. The summed E-state index contributed by atoms with van der Waals surface area (Å²) in [6.07, 6.45) is 1.69. The highest BCUT2D eigenvalue weighted by Crippen LogP contribution is 2.37. The molecule has 128 valence electrons. The van der Waals surface area contributed by atoms with Crippen molar-refractivity contribution in [3.63, 3.8) is 0 Å². The lowest BCUT2D eigenvalue weighted by Gasteiger charge is -2.20. The number of carbonyl (C=O) groups excluding carboxylic acids is 1. The molecule has 2 aromatic rings. The molecule has 0 spiro atoms. The number of fused-ring (bicyclic) bond motifs is 1. The van der Waals surface area contributed by atoms with Crippen molar-refractivity contribution in [2.24, 2.45) is 5.10 Å². The first-order chi connectivity index (χ1) is 12.2. The first-order valence-electron chi connectivity index (χ1n) is 8.52. The highest BCUT2D eigenvalue weighted by Gasteiger charge is 2.31. The molecule has 0 unspecified atom stereocenters. The standard InChI is InChI=1S/C20H20N2O3/c1-3-14-4-6-15(7-5-14)18-11-17(21-22(18)13(2)23)16-8-9-19-20(10-16)25-12-24-19/h4-10,18H,3,11-12H2,1-2H3/t18-/m0/s1. The lowest BCUT2D eigenvalue weighted by molar-refractivity contribution is -0.130. The summed E-state index contributed by atoms with van der Waals surface area (Å²) in [5.74, 6) is 1.42. The van der Waals surface area contributed by atoms with E-state index in [0.29, 0.717) is 6.42 Å². The molecule has 25 heavy (non-hydrogen) atoms. The molecule has 4 rings (SSSR count). The smallest absolute Gasteiger partial charge is 0.240 e. The predicted molar refractivity (Wildman–Crippen MR) is 94.8 cm³/mol. The second kappa shape index (κ2) is 6.24. The topological polar surface area (TPSA) is 51.1 Å². The van der Waals surface area contributed by atoms with Gasteiger partial charge in [-0.05, 0) is 35.7 Å². The molecule has 0 aliphatic carbocycles. The quantitative estimate of drug-likeness (QED) is 0.859. The van der Waals surface area contributed by atoms with E-state index in [2.05, 4.69) is 36.3 Å². The summed E-state index contributed by atoms with van der Waals surface area (Å²) in [4.78, 5) is 12.1. The zero-order valence-corrected chi connectivity index (χ0v) is 14.4. The summed E-state index contributed by atoms with van der Waals surface area (Å²) >= 11 is 0. The van der Waals surface area contributed by atoms with Gasteiger partial charge in [0.05, 0.1) is 11.8 Å². The molecule has 0 aromatic heterocycles. The fraction of sp³-hybridized carbons (Fsp3) is 0.300. The Labute approximate surface area is 146 Å². The van der Waals surface area contributed by atoms with Crippen LogP contribution in [-0.2, 0) is 11.2 Å². The molecule has 0 saturated carbocycles. The van der Waals surface area contributed by atoms with Gasteiger partial charge < -0.3 is 9.47 Å². The third kappa shape index (κ3) is 2.86. The molecule has 0 fully saturated rings. The molecule has 5 nitrogen and oxygen atoms in total. The van der Waals surface area contributed by atoms with Crippen molar-refractivity contribution in [3.05, 3.63) is 59.2 Å². The SMILES string of the molecule is CCc1ccc([C@@H]2CC(c3ccc4c(c3)OCO4)=NN2C(C)=O)cc1. The molecule has 0 radical (unpaired) electrons. The van der Waals surface area contributed by atoms with Crippen molar-refractivity contribution in [3.8, 4) is 11.5 Å². The predicted octanol–water partition coefficient (Wildman–Crippen LogP) is 3.68. The Hall–Kier alpha value is -2.82. The van der Waals surface area contributed by atoms with Crippen LogP contribution in [0, 0.1) is 0 Å². The van der Waals surface area contributed by atoms with Crippen LogP contribution < -0.4 is 9.47 Å². The number of amides is 1. The molecule has 0 N–H and O–H groups in total. The minimum atomic E-state index is -0.0659. The van der Waals surface area contributed by atoms with E-state index >= 15 is 0 Å². The zero-order chi connectivity index (χ0) is 17.4. The van der Waals surface area contributed by atoms with Gasteiger partial charge in [0.25, 0.3) is 0 Å². The van der Waals surface area contributed by atoms with Gasteiger partial charge in [0.15, 0.2) is 11.5 Å². The lowest BCUT2D eigenvalue weighted by atomic mass is 9.97. The summed E-state index contributed by atoms with van der Waals surface area (Å²) in [5, 5.41) is 6.17. The van der Waals surface area contributed by atoms with Crippen LogP contribution in [0.25, 0.3) is 0 Å². The number of hydrazone groups is 1. The summed E-state index contributed by atoms with van der Waals surface area (Å²) in [7, 11) is 0. The third-order valence-corrected chi connectivity index (χ3v) is 4.71. The van der Waals surface area contributed by atoms with Crippen LogP contribution in [0.2, 0.25) is 0 Å². The maximum atomic E-state index is 12.1. The molecular formula is C20H20N2O3. The molecule has 2 aliphatic rings. The number of ether oxygens (including phenoxy) is 2. The Balaban J connectivity index is 1.64. The Morgan fingerprint density at radius 2 is 1.92 bits per heavy atom. The van der Waals surface area contributed by atoms with Crippen molar-refractivity contribution < 1.29 is 14.3 Å². The van der Waals surface area contributed by atoms with Crippen molar-refractivity contribution in [2.45, 2.75) is 32.7 Å². The van der Waals surface area contributed by atoms with Gasteiger partial charge >= 0.3 is 0 Å². The monoisotopic (exact) mass is 336 g/mol. The Morgan fingerprint density at radius 1 is 1.16 bits per heavy atom. The summed E-state index contributed by atoms with van der Waals surface area (Å²) < 4.78 is 10.8. The minimum absolute atomic E-state index is 0.0553. The molecule has 0 saturated heterocycles. The average molecular weight is 336 g/mol. The van der Waals surface area contributed by atoms with E-state index in [1.54, 1.807) is 11.9 Å². The summed E-state index contributed by atoms with van der Waals surface area (Å²) in [6, 6.07) is 14.1. The van der Waals surface area contributed by atoms with E-state index in [0.717, 1.165) is 34.8 Å². The number of carbonyl (C=O) groups is 1. The Morgan fingerprint density at radius 3 is 2.64 bits per heavy atom. The summed E-state index contributed by atoms with van der Waals surface area (Å²) in [5.41, 5.74) is 4.24. The van der Waals surface area contributed by atoms with Crippen LogP contribution >= 0.6 is 0 Å². The Kier molecular flexibility index (Phi) is 3.92. The lowest BCUT2D eigenvalue weighted by Crippen LogP contribution is -2.24. The molecule has 2 heterocycles. The average Bonchev–Trinajstić information content (AvgIpc) is 3.28. The van der Waals surface area contributed by atoms with Gasteiger partial charge in [-0.2, -0.15) is 5.10 Å². The zero-order valence-electron chi connectivity index (χ0n) is 14.4. The van der Waals surface area contributed by atoms with Crippen LogP contribution in [-0.4, -0.2) is 23.4 Å².